The molecule has 0 spiro atoms. The number of ketones is 1. The lowest BCUT2D eigenvalue weighted by atomic mass is 10.1. The van der Waals surface area contributed by atoms with E-state index in [1.165, 1.54) is 6.92 Å². The van der Waals surface area contributed by atoms with Gasteiger partial charge in [-0.05, 0) is 37.1 Å². The van der Waals surface area contributed by atoms with Crippen LogP contribution in [0.4, 0.5) is 5.69 Å². The van der Waals surface area contributed by atoms with Gasteiger partial charge in [0.05, 0.1) is 5.69 Å². The second kappa shape index (κ2) is 6.12. The lowest BCUT2D eigenvalue weighted by molar-refractivity contribution is 0.101. The van der Waals surface area contributed by atoms with Crippen LogP contribution in [-0.4, -0.2) is 18.5 Å². The van der Waals surface area contributed by atoms with E-state index in [-0.39, 0.29) is 18.5 Å². The van der Waals surface area contributed by atoms with E-state index < -0.39 is 0 Å². The Morgan fingerprint density at radius 1 is 1.09 bits per heavy atom. The first-order chi connectivity index (χ1) is 11.1. The molecule has 0 bridgehead atoms. The number of ether oxygens (including phenoxy) is 2. The van der Waals surface area contributed by atoms with Gasteiger partial charge in [0.2, 0.25) is 6.79 Å². The minimum Gasteiger partial charge on any atom is -0.454 e. The van der Waals surface area contributed by atoms with Gasteiger partial charge in [-0.25, -0.2) is 0 Å². The molecular formula is C18H17NO4. The summed E-state index contributed by atoms with van der Waals surface area (Å²) in [6.45, 7) is 3.62. The summed E-state index contributed by atoms with van der Waals surface area (Å²) >= 11 is 0. The third kappa shape index (κ3) is 3.04. The third-order valence-electron chi connectivity index (χ3n) is 3.76. The van der Waals surface area contributed by atoms with E-state index in [2.05, 4.69) is 12.2 Å². The quantitative estimate of drug-likeness (QED) is 0.879. The van der Waals surface area contributed by atoms with Crippen LogP contribution in [0, 0.1) is 0 Å². The van der Waals surface area contributed by atoms with E-state index in [0.717, 1.165) is 12.0 Å². The average Bonchev–Trinajstić information content (AvgIpc) is 3.01. The predicted octanol–water partition coefficient (Wildman–Crippen LogP) is 3.43. The Balaban J connectivity index is 1.89. The number of carbonyl (C=O) groups excluding carboxylic acids is 2. The number of Topliss-reactive ketones (excluding diaryl/α,β-unsaturated/α-hetero) is 1. The van der Waals surface area contributed by atoms with Crippen LogP contribution in [0.2, 0.25) is 0 Å². The fraction of sp³-hybridized carbons (Fsp3) is 0.222. The van der Waals surface area contributed by atoms with Crippen molar-refractivity contribution in [1.82, 2.24) is 0 Å². The number of anilines is 1. The van der Waals surface area contributed by atoms with Crippen LogP contribution >= 0.6 is 0 Å². The summed E-state index contributed by atoms with van der Waals surface area (Å²) in [4.78, 5) is 24.2. The normalized spacial score (nSPS) is 12.1. The fourth-order valence-corrected chi connectivity index (χ4v) is 2.42. The lowest BCUT2D eigenvalue weighted by Gasteiger charge is -2.11. The minimum atomic E-state index is -0.269. The van der Waals surface area contributed by atoms with E-state index >= 15 is 0 Å². The minimum absolute atomic E-state index is 0.114. The molecule has 0 unspecified atom stereocenters. The Hall–Kier alpha value is -2.82. The first kappa shape index (κ1) is 15.1. The Labute approximate surface area is 134 Å². The number of carbonyl (C=O) groups is 2. The van der Waals surface area contributed by atoms with Crippen LogP contribution in [0.15, 0.2) is 36.4 Å². The highest BCUT2D eigenvalue weighted by Crippen LogP contribution is 2.37. The summed E-state index contributed by atoms with van der Waals surface area (Å²) in [6, 6.07) is 10.6. The molecule has 0 aromatic heterocycles. The molecule has 118 valence electrons. The summed E-state index contributed by atoms with van der Waals surface area (Å²) in [5.41, 5.74) is 2.52. The van der Waals surface area contributed by atoms with Crippen molar-refractivity contribution in [3.05, 3.63) is 53.1 Å². The molecule has 0 aliphatic carbocycles. The standard InChI is InChI=1S/C18H17NO4/c1-3-12-4-6-13(7-5-12)18(21)19-15-9-17-16(22-10-23-17)8-14(15)11(2)20/h4-9H,3,10H2,1-2H3,(H,19,21). The molecule has 5 nitrogen and oxygen atoms in total. The van der Waals surface area contributed by atoms with E-state index in [9.17, 15) is 9.59 Å². The zero-order valence-corrected chi connectivity index (χ0v) is 13.0. The number of nitrogens with one attached hydrogen (secondary N) is 1. The highest BCUT2D eigenvalue weighted by molar-refractivity contribution is 6.09. The largest absolute Gasteiger partial charge is 0.454 e. The van der Waals surface area contributed by atoms with Crippen LogP contribution in [0.25, 0.3) is 0 Å². The van der Waals surface area contributed by atoms with Crippen molar-refractivity contribution >= 4 is 17.4 Å². The van der Waals surface area contributed by atoms with E-state index in [1.54, 1.807) is 24.3 Å². The molecule has 1 aliphatic heterocycles. The molecule has 2 aromatic rings. The molecule has 3 rings (SSSR count). The molecule has 2 aromatic carbocycles. The van der Waals surface area contributed by atoms with Gasteiger partial charge in [0.25, 0.3) is 5.91 Å². The Morgan fingerprint density at radius 2 is 1.74 bits per heavy atom. The van der Waals surface area contributed by atoms with Gasteiger partial charge in [-0.15, -0.1) is 0 Å². The highest BCUT2D eigenvalue weighted by atomic mass is 16.7. The zero-order valence-electron chi connectivity index (χ0n) is 13.0. The molecule has 0 saturated heterocycles. The van der Waals surface area contributed by atoms with E-state index in [4.69, 9.17) is 9.47 Å². The summed E-state index contributed by atoms with van der Waals surface area (Å²) in [7, 11) is 0. The maximum Gasteiger partial charge on any atom is 0.255 e. The fourth-order valence-electron chi connectivity index (χ4n) is 2.42. The monoisotopic (exact) mass is 311 g/mol. The molecule has 1 aliphatic rings. The second-order valence-electron chi connectivity index (χ2n) is 5.31. The van der Waals surface area contributed by atoms with Crippen molar-refractivity contribution < 1.29 is 19.1 Å². The number of fused-ring (bicyclic) bond motifs is 1. The van der Waals surface area contributed by atoms with Crippen molar-refractivity contribution in [2.24, 2.45) is 0 Å². The van der Waals surface area contributed by atoms with Gasteiger partial charge in [-0.2, -0.15) is 0 Å². The summed E-state index contributed by atoms with van der Waals surface area (Å²) in [5.74, 6) is 0.612. The van der Waals surface area contributed by atoms with E-state index in [0.29, 0.717) is 28.3 Å². The van der Waals surface area contributed by atoms with Crippen LogP contribution in [-0.2, 0) is 6.42 Å². The van der Waals surface area contributed by atoms with Crippen LogP contribution in [0.1, 0.15) is 40.1 Å². The van der Waals surface area contributed by atoms with Gasteiger partial charge in [0, 0.05) is 17.2 Å². The second-order valence-corrected chi connectivity index (χ2v) is 5.31. The van der Waals surface area contributed by atoms with Gasteiger partial charge in [0.15, 0.2) is 17.3 Å². The summed E-state index contributed by atoms with van der Waals surface area (Å²) < 4.78 is 10.6. The molecule has 0 atom stereocenters. The zero-order chi connectivity index (χ0) is 16.4. The van der Waals surface area contributed by atoms with Gasteiger partial charge >= 0.3 is 0 Å². The number of rotatable bonds is 4. The SMILES string of the molecule is CCc1ccc(C(=O)Nc2cc3c(cc2C(C)=O)OCO3)cc1. The van der Waals surface area contributed by atoms with Gasteiger partial charge in [0.1, 0.15) is 0 Å². The first-order valence-electron chi connectivity index (χ1n) is 7.43. The van der Waals surface area contributed by atoms with Crippen LogP contribution in [0.5, 0.6) is 11.5 Å². The number of benzene rings is 2. The predicted molar refractivity (Wildman–Crippen MR) is 86.3 cm³/mol. The molecule has 0 saturated carbocycles. The first-order valence-corrected chi connectivity index (χ1v) is 7.43. The summed E-state index contributed by atoms with van der Waals surface area (Å²) in [5, 5.41) is 2.78. The van der Waals surface area contributed by atoms with Crippen molar-refractivity contribution in [3.63, 3.8) is 0 Å². The van der Waals surface area contributed by atoms with Gasteiger partial charge < -0.3 is 14.8 Å². The molecule has 0 fully saturated rings. The smallest absolute Gasteiger partial charge is 0.255 e. The molecule has 5 heteroatoms. The van der Waals surface area contributed by atoms with Crippen LogP contribution in [0.3, 0.4) is 0 Å². The highest BCUT2D eigenvalue weighted by Gasteiger charge is 2.20. The van der Waals surface area contributed by atoms with E-state index in [1.807, 2.05) is 12.1 Å². The molecule has 1 N–H and O–H groups in total. The number of hydrogen-bond donors (Lipinski definition) is 1. The van der Waals surface area contributed by atoms with Crippen molar-refractivity contribution in [2.75, 3.05) is 12.1 Å². The third-order valence-corrected chi connectivity index (χ3v) is 3.76. The molecule has 0 radical (unpaired) electrons. The Kier molecular flexibility index (Phi) is 4.02. The maximum absolute atomic E-state index is 12.4. The number of hydrogen-bond acceptors (Lipinski definition) is 4. The summed E-state index contributed by atoms with van der Waals surface area (Å²) in [6.07, 6.45) is 0.915. The molecule has 23 heavy (non-hydrogen) atoms. The van der Waals surface area contributed by atoms with Gasteiger partial charge in [-0.1, -0.05) is 19.1 Å². The van der Waals surface area contributed by atoms with Crippen molar-refractivity contribution in [1.29, 1.82) is 0 Å². The average molecular weight is 311 g/mol. The molecule has 1 amide bonds. The Morgan fingerprint density at radius 3 is 2.35 bits per heavy atom. The van der Waals surface area contributed by atoms with Crippen LogP contribution < -0.4 is 14.8 Å². The number of aryl methyl sites for hydroxylation is 1. The topological polar surface area (TPSA) is 64.6 Å². The van der Waals surface area contributed by atoms with Crippen molar-refractivity contribution in [2.45, 2.75) is 20.3 Å². The molecular weight excluding hydrogens is 294 g/mol. The van der Waals surface area contributed by atoms with Crippen molar-refractivity contribution in [3.8, 4) is 11.5 Å². The van der Waals surface area contributed by atoms with Gasteiger partial charge in [-0.3, -0.25) is 9.59 Å². The number of amides is 1. The maximum atomic E-state index is 12.4. The lowest BCUT2D eigenvalue weighted by Crippen LogP contribution is -2.14. The molecule has 1 heterocycles. The Bertz CT molecular complexity index is 765.